The zero-order chi connectivity index (χ0) is 12.4. The van der Waals surface area contributed by atoms with Crippen molar-refractivity contribution < 1.29 is 5.11 Å². The van der Waals surface area contributed by atoms with Gasteiger partial charge in [0.1, 0.15) is 5.75 Å². The SMILES string of the molecule is Cc1cccc(CN2[C@H](C)CCC[C@@H]2C)c1O. The minimum absolute atomic E-state index is 0.470. The van der Waals surface area contributed by atoms with Crippen LogP contribution < -0.4 is 0 Å². The summed E-state index contributed by atoms with van der Waals surface area (Å²) < 4.78 is 0. The van der Waals surface area contributed by atoms with E-state index in [0.717, 1.165) is 17.7 Å². The summed E-state index contributed by atoms with van der Waals surface area (Å²) in [5, 5.41) is 10.1. The molecule has 1 N–H and O–H groups in total. The van der Waals surface area contributed by atoms with Crippen LogP contribution in [-0.4, -0.2) is 22.1 Å². The zero-order valence-electron chi connectivity index (χ0n) is 11.1. The molecule has 1 aliphatic heterocycles. The van der Waals surface area contributed by atoms with Gasteiger partial charge < -0.3 is 5.11 Å². The molecular formula is C15H23NO. The van der Waals surface area contributed by atoms with Gasteiger partial charge >= 0.3 is 0 Å². The van der Waals surface area contributed by atoms with Crippen molar-refractivity contribution in [3.8, 4) is 5.75 Å². The summed E-state index contributed by atoms with van der Waals surface area (Å²) in [6, 6.07) is 7.28. The fourth-order valence-corrected chi connectivity index (χ4v) is 2.83. The van der Waals surface area contributed by atoms with E-state index in [1.807, 2.05) is 25.1 Å². The van der Waals surface area contributed by atoms with Gasteiger partial charge in [-0.1, -0.05) is 24.6 Å². The molecule has 1 heterocycles. The maximum absolute atomic E-state index is 10.1. The van der Waals surface area contributed by atoms with Gasteiger partial charge in [-0.25, -0.2) is 0 Å². The molecule has 0 amide bonds. The Bertz CT molecular complexity index is 379. The lowest BCUT2D eigenvalue weighted by atomic mass is 9.96. The number of benzene rings is 1. The number of aromatic hydroxyl groups is 1. The smallest absolute Gasteiger partial charge is 0.122 e. The molecule has 0 spiro atoms. The number of para-hydroxylation sites is 1. The highest BCUT2D eigenvalue weighted by molar-refractivity contribution is 5.39. The Balaban J connectivity index is 2.16. The van der Waals surface area contributed by atoms with E-state index in [0.29, 0.717) is 17.8 Å². The van der Waals surface area contributed by atoms with Crippen LogP contribution in [0.25, 0.3) is 0 Å². The van der Waals surface area contributed by atoms with E-state index in [1.165, 1.54) is 19.3 Å². The highest BCUT2D eigenvalue weighted by atomic mass is 16.3. The van der Waals surface area contributed by atoms with Crippen molar-refractivity contribution >= 4 is 0 Å². The molecule has 2 nitrogen and oxygen atoms in total. The van der Waals surface area contributed by atoms with Crippen molar-refractivity contribution in [2.45, 2.75) is 58.7 Å². The van der Waals surface area contributed by atoms with Gasteiger partial charge in [0.2, 0.25) is 0 Å². The summed E-state index contributed by atoms with van der Waals surface area (Å²) in [4.78, 5) is 2.51. The third kappa shape index (κ3) is 2.63. The molecule has 2 rings (SSSR count). The standard InChI is InChI=1S/C15H23NO/c1-11-6-4-9-14(15(11)17)10-16-12(2)7-5-8-13(16)3/h4,6,9,12-13,17H,5,7-8,10H2,1-3H3/t12-,13+. The molecule has 1 aromatic carbocycles. The second kappa shape index (κ2) is 5.09. The molecule has 0 unspecified atom stereocenters. The number of piperidine rings is 1. The average Bonchev–Trinajstić information content (AvgIpc) is 2.29. The Labute approximate surface area is 104 Å². The molecular weight excluding hydrogens is 210 g/mol. The summed E-state index contributed by atoms with van der Waals surface area (Å²) in [7, 11) is 0. The third-order valence-electron chi connectivity index (χ3n) is 4.05. The molecule has 17 heavy (non-hydrogen) atoms. The Morgan fingerprint density at radius 3 is 2.53 bits per heavy atom. The van der Waals surface area contributed by atoms with Gasteiger partial charge in [0.25, 0.3) is 0 Å². The Kier molecular flexibility index (Phi) is 3.72. The van der Waals surface area contributed by atoms with Crippen LogP contribution in [0.1, 0.15) is 44.2 Å². The van der Waals surface area contributed by atoms with Crippen molar-refractivity contribution in [3.63, 3.8) is 0 Å². The fourth-order valence-electron chi connectivity index (χ4n) is 2.83. The second-order valence-corrected chi connectivity index (χ2v) is 5.38. The molecule has 1 fully saturated rings. The van der Waals surface area contributed by atoms with Crippen LogP contribution >= 0.6 is 0 Å². The number of hydrogen-bond acceptors (Lipinski definition) is 2. The molecule has 0 saturated carbocycles. The first-order valence-electron chi connectivity index (χ1n) is 6.62. The maximum atomic E-state index is 10.1. The van der Waals surface area contributed by atoms with E-state index in [2.05, 4.69) is 18.7 Å². The highest BCUT2D eigenvalue weighted by Crippen LogP contribution is 2.28. The Morgan fingerprint density at radius 2 is 1.88 bits per heavy atom. The molecule has 1 aromatic rings. The summed E-state index contributed by atoms with van der Waals surface area (Å²) in [6.07, 6.45) is 3.88. The van der Waals surface area contributed by atoms with Crippen LogP contribution in [0.3, 0.4) is 0 Å². The Hall–Kier alpha value is -1.02. The number of aryl methyl sites for hydroxylation is 1. The molecule has 0 radical (unpaired) electrons. The first kappa shape index (κ1) is 12.4. The quantitative estimate of drug-likeness (QED) is 0.845. The lowest BCUT2D eigenvalue weighted by Crippen LogP contribution is -2.42. The van der Waals surface area contributed by atoms with Crippen molar-refractivity contribution in [1.29, 1.82) is 0 Å². The van der Waals surface area contributed by atoms with Crippen LogP contribution in [0.15, 0.2) is 18.2 Å². The van der Waals surface area contributed by atoms with Gasteiger partial charge in [0, 0.05) is 24.2 Å². The largest absolute Gasteiger partial charge is 0.507 e. The van der Waals surface area contributed by atoms with Gasteiger partial charge in [-0.3, -0.25) is 4.90 Å². The van der Waals surface area contributed by atoms with Crippen LogP contribution in [0.5, 0.6) is 5.75 Å². The molecule has 0 aromatic heterocycles. The van der Waals surface area contributed by atoms with Crippen LogP contribution in [0, 0.1) is 6.92 Å². The van der Waals surface area contributed by atoms with Crippen molar-refractivity contribution in [1.82, 2.24) is 4.90 Å². The van der Waals surface area contributed by atoms with Gasteiger partial charge in [-0.2, -0.15) is 0 Å². The third-order valence-corrected chi connectivity index (χ3v) is 4.05. The molecule has 0 bridgehead atoms. The maximum Gasteiger partial charge on any atom is 0.122 e. The molecule has 2 atom stereocenters. The highest BCUT2D eigenvalue weighted by Gasteiger charge is 2.25. The van der Waals surface area contributed by atoms with E-state index >= 15 is 0 Å². The minimum atomic E-state index is 0.470. The van der Waals surface area contributed by atoms with Crippen LogP contribution in [0.4, 0.5) is 0 Å². The fraction of sp³-hybridized carbons (Fsp3) is 0.600. The summed E-state index contributed by atoms with van der Waals surface area (Å²) in [5.74, 6) is 0.470. The number of phenols is 1. The van der Waals surface area contributed by atoms with Crippen molar-refractivity contribution in [2.24, 2.45) is 0 Å². The number of phenolic OH excluding ortho intramolecular Hbond substituents is 1. The van der Waals surface area contributed by atoms with E-state index in [4.69, 9.17) is 0 Å². The van der Waals surface area contributed by atoms with Crippen LogP contribution in [0.2, 0.25) is 0 Å². The van der Waals surface area contributed by atoms with Crippen molar-refractivity contribution in [3.05, 3.63) is 29.3 Å². The van der Waals surface area contributed by atoms with Crippen LogP contribution in [-0.2, 0) is 6.54 Å². The molecule has 1 saturated heterocycles. The number of nitrogens with zero attached hydrogens (tertiary/aromatic N) is 1. The van der Waals surface area contributed by atoms with E-state index in [1.54, 1.807) is 0 Å². The van der Waals surface area contributed by atoms with Gasteiger partial charge in [-0.15, -0.1) is 0 Å². The predicted molar refractivity (Wildman–Crippen MR) is 71.2 cm³/mol. The van der Waals surface area contributed by atoms with Gasteiger partial charge in [0.15, 0.2) is 0 Å². The number of rotatable bonds is 2. The minimum Gasteiger partial charge on any atom is -0.507 e. The average molecular weight is 233 g/mol. The normalized spacial score (nSPS) is 26.1. The predicted octanol–water partition coefficient (Wildman–Crippen LogP) is 3.46. The summed E-state index contributed by atoms with van der Waals surface area (Å²) in [6.45, 7) is 7.42. The molecule has 94 valence electrons. The summed E-state index contributed by atoms with van der Waals surface area (Å²) >= 11 is 0. The molecule has 0 aliphatic carbocycles. The molecule has 1 aliphatic rings. The van der Waals surface area contributed by atoms with E-state index < -0.39 is 0 Å². The zero-order valence-corrected chi connectivity index (χ0v) is 11.1. The topological polar surface area (TPSA) is 23.5 Å². The van der Waals surface area contributed by atoms with Gasteiger partial charge in [-0.05, 0) is 39.2 Å². The lowest BCUT2D eigenvalue weighted by molar-refractivity contribution is 0.0943. The van der Waals surface area contributed by atoms with E-state index in [-0.39, 0.29) is 0 Å². The van der Waals surface area contributed by atoms with Crippen molar-refractivity contribution in [2.75, 3.05) is 0 Å². The number of hydrogen-bond donors (Lipinski definition) is 1. The van der Waals surface area contributed by atoms with Gasteiger partial charge in [0.05, 0.1) is 0 Å². The first-order chi connectivity index (χ1) is 8.09. The Morgan fingerprint density at radius 1 is 1.24 bits per heavy atom. The summed E-state index contributed by atoms with van der Waals surface area (Å²) in [5.41, 5.74) is 2.03. The monoisotopic (exact) mass is 233 g/mol. The second-order valence-electron chi connectivity index (χ2n) is 5.38. The number of likely N-dealkylation sites (tertiary alicyclic amines) is 1. The van der Waals surface area contributed by atoms with E-state index in [9.17, 15) is 5.11 Å². The lowest BCUT2D eigenvalue weighted by Gasteiger charge is -2.39. The first-order valence-corrected chi connectivity index (χ1v) is 6.62. The molecule has 2 heteroatoms.